The maximum absolute atomic E-state index is 12.1. The summed E-state index contributed by atoms with van der Waals surface area (Å²) in [6.45, 7) is 6.25. The second-order valence-electron chi connectivity index (χ2n) is 3.51. The van der Waals surface area contributed by atoms with Crippen LogP contribution in [-0.4, -0.2) is 13.3 Å². The quantitative estimate of drug-likeness (QED) is 0.717. The lowest BCUT2D eigenvalue weighted by Gasteiger charge is -2.13. The molecule has 0 fully saturated rings. The van der Waals surface area contributed by atoms with Gasteiger partial charge in [0.05, 0.1) is 6.61 Å². The van der Waals surface area contributed by atoms with E-state index in [1.807, 2.05) is 38.1 Å². The van der Waals surface area contributed by atoms with Crippen LogP contribution in [0, 0.1) is 6.92 Å². The van der Waals surface area contributed by atoms with Crippen LogP contribution in [0.2, 0.25) is 0 Å². The monoisotopic (exact) mass is 212 g/mol. The average Bonchev–Trinajstić information content (AvgIpc) is 2.16. The molecule has 0 radical (unpaired) electrons. The van der Waals surface area contributed by atoms with Gasteiger partial charge in [0, 0.05) is 12.0 Å². The molecule has 0 aromatic heterocycles. The van der Waals surface area contributed by atoms with Gasteiger partial charge >= 0.3 is 0 Å². The van der Waals surface area contributed by atoms with Crippen molar-refractivity contribution in [3.63, 3.8) is 0 Å². The molecule has 0 amide bonds. The molecule has 0 bridgehead atoms. The zero-order valence-electron chi connectivity index (χ0n) is 8.99. The number of hydrogen-bond acceptors (Lipinski definition) is 2. The van der Waals surface area contributed by atoms with E-state index < -0.39 is 7.37 Å². The van der Waals surface area contributed by atoms with E-state index in [0.29, 0.717) is 6.61 Å². The minimum Gasteiger partial charge on any atom is -0.325 e. The van der Waals surface area contributed by atoms with E-state index in [1.54, 1.807) is 6.66 Å². The number of rotatable bonds is 4. The van der Waals surface area contributed by atoms with Crippen LogP contribution in [0.25, 0.3) is 0 Å². The van der Waals surface area contributed by atoms with E-state index in [1.165, 1.54) is 5.56 Å². The fraction of sp³-hybridized carbons (Fsp3) is 0.455. The highest BCUT2D eigenvalue weighted by atomic mass is 31.2. The second kappa shape index (κ2) is 4.77. The fourth-order valence-corrected chi connectivity index (χ4v) is 2.53. The third-order valence-electron chi connectivity index (χ3n) is 2.04. The summed E-state index contributed by atoms with van der Waals surface area (Å²) in [4.78, 5) is 0. The highest BCUT2D eigenvalue weighted by Gasteiger charge is 2.17. The Hall–Kier alpha value is -0.590. The minimum atomic E-state index is -2.58. The molecule has 14 heavy (non-hydrogen) atoms. The predicted octanol–water partition coefficient (Wildman–Crippen LogP) is 2.95. The number of hydrogen-bond donors (Lipinski definition) is 0. The molecule has 0 saturated heterocycles. The van der Waals surface area contributed by atoms with Crippen LogP contribution in [0.15, 0.2) is 24.3 Å². The molecule has 0 saturated carbocycles. The van der Waals surface area contributed by atoms with Gasteiger partial charge in [-0.2, -0.15) is 0 Å². The van der Waals surface area contributed by atoms with Crippen LogP contribution >= 0.6 is 7.37 Å². The van der Waals surface area contributed by atoms with Crippen LogP contribution < -0.4 is 5.30 Å². The van der Waals surface area contributed by atoms with Gasteiger partial charge in [-0.25, -0.2) is 0 Å². The van der Waals surface area contributed by atoms with Gasteiger partial charge in [-0.15, -0.1) is 0 Å². The smallest absolute Gasteiger partial charge is 0.229 e. The molecule has 78 valence electrons. The van der Waals surface area contributed by atoms with Crippen molar-refractivity contribution in [2.24, 2.45) is 0 Å². The summed E-state index contributed by atoms with van der Waals surface area (Å²) in [5, 5.41) is 0.802. The Morgan fingerprint density at radius 3 is 2.36 bits per heavy atom. The molecule has 0 N–H and O–H groups in total. The molecule has 1 unspecified atom stereocenters. The minimum absolute atomic E-state index is 0.557. The van der Waals surface area contributed by atoms with Gasteiger partial charge in [-0.1, -0.05) is 24.6 Å². The van der Waals surface area contributed by atoms with Gasteiger partial charge in [0.15, 0.2) is 0 Å². The van der Waals surface area contributed by atoms with Crippen molar-refractivity contribution >= 4 is 12.7 Å². The molecule has 0 aliphatic rings. The zero-order valence-corrected chi connectivity index (χ0v) is 9.88. The van der Waals surface area contributed by atoms with Crippen LogP contribution in [0.1, 0.15) is 18.9 Å². The Bertz CT molecular complexity index is 330. The number of benzene rings is 1. The fourth-order valence-electron chi connectivity index (χ4n) is 1.16. The van der Waals surface area contributed by atoms with Gasteiger partial charge in [0.2, 0.25) is 7.37 Å². The van der Waals surface area contributed by atoms with Crippen LogP contribution in [0.5, 0.6) is 0 Å². The summed E-state index contributed by atoms with van der Waals surface area (Å²) in [6.07, 6.45) is 0.893. The first-order valence-electron chi connectivity index (χ1n) is 4.85. The summed E-state index contributed by atoms with van der Waals surface area (Å²) in [5.74, 6) is 0. The summed E-state index contributed by atoms with van der Waals surface area (Å²) >= 11 is 0. The first kappa shape index (κ1) is 11.5. The SMILES string of the molecule is CCCOP(C)(=O)c1ccc(C)cc1. The molecular formula is C11H17O2P. The third-order valence-corrected chi connectivity index (χ3v) is 3.96. The Kier molecular flexibility index (Phi) is 3.91. The maximum atomic E-state index is 12.1. The van der Waals surface area contributed by atoms with E-state index in [4.69, 9.17) is 4.52 Å². The average molecular weight is 212 g/mol. The van der Waals surface area contributed by atoms with Crippen molar-refractivity contribution < 1.29 is 9.09 Å². The summed E-state index contributed by atoms with van der Waals surface area (Å²) in [6, 6.07) is 7.68. The molecule has 1 aromatic rings. The predicted molar refractivity (Wildman–Crippen MR) is 60.6 cm³/mol. The van der Waals surface area contributed by atoms with E-state index >= 15 is 0 Å². The molecule has 3 heteroatoms. The highest BCUT2D eigenvalue weighted by Crippen LogP contribution is 2.41. The van der Waals surface area contributed by atoms with Crippen molar-refractivity contribution in [1.82, 2.24) is 0 Å². The lowest BCUT2D eigenvalue weighted by Crippen LogP contribution is -2.06. The third kappa shape index (κ3) is 2.97. The largest absolute Gasteiger partial charge is 0.325 e. The van der Waals surface area contributed by atoms with Crippen molar-refractivity contribution in [2.75, 3.05) is 13.3 Å². The van der Waals surface area contributed by atoms with Crippen LogP contribution in [0.3, 0.4) is 0 Å². The molecule has 1 aromatic carbocycles. The van der Waals surface area contributed by atoms with E-state index in [0.717, 1.165) is 11.7 Å². The Balaban J connectivity index is 2.81. The molecule has 1 atom stereocenters. The molecular weight excluding hydrogens is 195 g/mol. The number of aryl methyl sites for hydroxylation is 1. The normalized spacial score (nSPS) is 15.1. The van der Waals surface area contributed by atoms with Gasteiger partial charge in [0.1, 0.15) is 0 Å². The van der Waals surface area contributed by atoms with Crippen LogP contribution in [0.4, 0.5) is 0 Å². The van der Waals surface area contributed by atoms with Gasteiger partial charge in [-0.05, 0) is 25.5 Å². The highest BCUT2D eigenvalue weighted by molar-refractivity contribution is 7.66. The Morgan fingerprint density at radius 1 is 1.29 bits per heavy atom. The topological polar surface area (TPSA) is 26.3 Å². The maximum Gasteiger partial charge on any atom is 0.229 e. The zero-order chi connectivity index (χ0) is 10.6. The Labute approximate surface area is 85.7 Å². The first-order valence-corrected chi connectivity index (χ1v) is 6.93. The second-order valence-corrected chi connectivity index (χ2v) is 5.98. The molecule has 0 heterocycles. The van der Waals surface area contributed by atoms with Crippen molar-refractivity contribution in [1.29, 1.82) is 0 Å². The lowest BCUT2D eigenvalue weighted by molar-refractivity contribution is 0.323. The lowest BCUT2D eigenvalue weighted by atomic mass is 10.2. The molecule has 0 aliphatic heterocycles. The van der Waals surface area contributed by atoms with Gasteiger partial charge in [-0.3, -0.25) is 4.57 Å². The molecule has 2 nitrogen and oxygen atoms in total. The summed E-state index contributed by atoms with van der Waals surface area (Å²) < 4.78 is 17.4. The van der Waals surface area contributed by atoms with Gasteiger partial charge in [0.25, 0.3) is 0 Å². The first-order chi connectivity index (χ1) is 6.56. The Morgan fingerprint density at radius 2 is 1.86 bits per heavy atom. The van der Waals surface area contributed by atoms with Crippen molar-refractivity contribution in [3.05, 3.63) is 29.8 Å². The molecule has 1 rings (SSSR count). The molecule has 0 aliphatic carbocycles. The summed E-state index contributed by atoms with van der Waals surface area (Å²) in [7, 11) is -2.58. The van der Waals surface area contributed by atoms with E-state index in [9.17, 15) is 4.57 Å². The van der Waals surface area contributed by atoms with Crippen molar-refractivity contribution in [2.45, 2.75) is 20.3 Å². The summed E-state index contributed by atoms with van der Waals surface area (Å²) in [5.41, 5.74) is 1.17. The standard InChI is InChI=1S/C11H17O2P/c1-4-9-13-14(3,12)11-7-5-10(2)6-8-11/h5-8H,4,9H2,1-3H3. The van der Waals surface area contributed by atoms with Crippen LogP contribution in [-0.2, 0) is 9.09 Å². The van der Waals surface area contributed by atoms with E-state index in [-0.39, 0.29) is 0 Å². The molecule has 0 spiro atoms. The van der Waals surface area contributed by atoms with Gasteiger partial charge < -0.3 is 4.52 Å². The van der Waals surface area contributed by atoms with Crippen molar-refractivity contribution in [3.8, 4) is 0 Å². The van der Waals surface area contributed by atoms with E-state index in [2.05, 4.69) is 0 Å².